The van der Waals surface area contributed by atoms with E-state index >= 15 is 0 Å². The van der Waals surface area contributed by atoms with E-state index in [2.05, 4.69) is 40.4 Å². The molecule has 2 saturated heterocycles. The minimum Gasteiger partial charge on any atom is -0.376 e. The Labute approximate surface area is 176 Å². The first-order valence-corrected chi connectivity index (χ1v) is 11.7. The maximum atomic E-state index is 10.0. The highest BCUT2D eigenvalue weighted by Gasteiger charge is 2.44. The molecule has 0 aliphatic carbocycles. The van der Waals surface area contributed by atoms with Crippen molar-refractivity contribution in [3.05, 3.63) is 33.3 Å². The fourth-order valence-corrected chi connectivity index (χ4v) is 6.39. The lowest BCUT2D eigenvalue weighted by Gasteiger charge is -2.47. The second kappa shape index (κ2) is 7.74. The summed E-state index contributed by atoms with van der Waals surface area (Å²) in [6.07, 6.45) is 6.57. The number of thiophene rings is 1. The average molecular weight is 418 g/mol. The van der Waals surface area contributed by atoms with Gasteiger partial charge in [0.2, 0.25) is 0 Å². The van der Waals surface area contributed by atoms with Gasteiger partial charge in [0.1, 0.15) is 6.23 Å². The van der Waals surface area contributed by atoms with Crippen LogP contribution in [0, 0.1) is 0 Å². The number of nitrogens with zero attached hydrogens (tertiary/aromatic N) is 4. The topological polar surface area (TPSA) is 75.4 Å². The van der Waals surface area contributed by atoms with Gasteiger partial charge in [0.25, 0.3) is 0 Å². The number of hydrogen-bond acceptors (Lipinski definition) is 7. The number of aliphatic hydroxyl groups is 1. The molecule has 0 saturated carbocycles. The molecule has 0 aromatic carbocycles. The van der Waals surface area contributed by atoms with Gasteiger partial charge in [0, 0.05) is 35.3 Å². The van der Waals surface area contributed by atoms with Gasteiger partial charge in [0.05, 0.1) is 30.1 Å². The van der Waals surface area contributed by atoms with Crippen molar-refractivity contribution >= 4 is 11.3 Å². The Morgan fingerprint density at radius 2 is 2.34 bits per heavy atom. The predicted octanol–water partition coefficient (Wildman–Crippen LogP) is 2.21. The second-order valence-electron chi connectivity index (χ2n) is 8.71. The van der Waals surface area contributed by atoms with E-state index in [1.54, 1.807) is 4.88 Å². The smallest absolute Gasteiger partial charge is 0.127 e. The third-order valence-electron chi connectivity index (χ3n) is 6.88. The van der Waals surface area contributed by atoms with Crippen molar-refractivity contribution in [1.82, 2.24) is 25.2 Å². The van der Waals surface area contributed by atoms with Crippen LogP contribution in [0.4, 0.5) is 0 Å². The quantitative estimate of drug-likeness (QED) is 0.795. The number of aliphatic hydroxyl groups excluding tert-OH is 1. The number of likely N-dealkylation sites (tertiary alicyclic amines) is 1. The summed E-state index contributed by atoms with van der Waals surface area (Å²) in [5.74, 6) is 0. The van der Waals surface area contributed by atoms with E-state index in [0.29, 0.717) is 6.04 Å². The maximum absolute atomic E-state index is 10.0. The summed E-state index contributed by atoms with van der Waals surface area (Å²) in [6, 6.07) is 2.82. The highest BCUT2D eigenvalue weighted by molar-refractivity contribution is 7.12. The molecule has 158 valence electrons. The van der Waals surface area contributed by atoms with Crippen LogP contribution < -0.4 is 5.32 Å². The summed E-state index contributed by atoms with van der Waals surface area (Å²) in [6.45, 7) is 8.00. The monoisotopic (exact) mass is 417 g/mol. The lowest BCUT2D eigenvalue weighted by atomic mass is 9.79. The molecule has 3 aliphatic heterocycles. The van der Waals surface area contributed by atoms with Gasteiger partial charge >= 0.3 is 0 Å². The summed E-state index contributed by atoms with van der Waals surface area (Å²) in [5, 5.41) is 21.8. The van der Waals surface area contributed by atoms with E-state index in [9.17, 15) is 5.11 Å². The molecule has 3 aliphatic rings. The van der Waals surface area contributed by atoms with E-state index in [4.69, 9.17) is 4.74 Å². The average Bonchev–Trinajstić information content (AvgIpc) is 3.44. The van der Waals surface area contributed by atoms with Gasteiger partial charge < -0.3 is 9.84 Å². The van der Waals surface area contributed by atoms with Crippen molar-refractivity contribution in [2.75, 3.05) is 19.7 Å². The fraction of sp³-hybridized carbons (Fsp3) is 0.714. The van der Waals surface area contributed by atoms with Gasteiger partial charge in [-0.15, -0.1) is 16.4 Å². The number of fused-ring (bicyclic) bond motifs is 2. The molecule has 0 amide bonds. The van der Waals surface area contributed by atoms with Gasteiger partial charge in [-0.3, -0.25) is 10.2 Å². The maximum Gasteiger partial charge on any atom is 0.127 e. The lowest BCUT2D eigenvalue weighted by Crippen LogP contribution is -2.50. The molecule has 2 unspecified atom stereocenters. The van der Waals surface area contributed by atoms with E-state index in [1.165, 1.54) is 10.4 Å². The molecular weight excluding hydrogens is 386 g/mol. The Morgan fingerprint density at radius 3 is 3.10 bits per heavy atom. The zero-order valence-electron chi connectivity index (χ0n) is 17.3. The molecule has 5 rings (SSSR count). The normalized spacial score (nSPS) is 32.7. The zero-order chi connectivity index (χ0) is 20.0. The first-order chi connectivity index (χ1) is 14.1. The number of ether oxygens (including phenoxy) is 1. The fourth-order valence-electron chi connectivity index (χ4n) is 5.22. The Balaban J connectivity index is 1.28. The summed E-state index contributed by atoms with van der Waals surface area (Å²) in [7, 11) is 0. The molecule has 7 nitrogen and oxygen atoms in total. The van der Waals surface area contributed by atoms with Gasteiger partial charge in [-0.1, -0.05) is 12.1 Å². The first-order valence-electron chi connectivity index (χ1n) is 10.9. The zero-order valence-corrected chi connectivity index (χ0v) is 18.1. The second-order valence-corrected chi connectivity index (χ2v) is 9.94. The number of aromatic nitrogens is 3. The molecule has 8 heteroatoms. The molecule has 2 aromatic rings. The van der Waals surface area contributed by atoms with Gasteiger partial charge in [-0.05, 0) is 50.8 Å². The van der Waals surface area contributed by atoms with E-state index in [-0.39, 0.29) is 11.6 Å². The van der Waals surface area contributed by atoms with Crippen molar-refractivity contribution in [1.29, 1.82) is 0 Å². The van der Waals surface area contributed by atoms with Crippen molar-refractivity contribution < 1.29 is 9.84 Å². The lowest BCUT2D eigenvalue weighted by molar-refractivity contribution is -0.112. The van der Waals surface area contributed by atoms with Crippen molar-refractivity contribution in [3.63, 3.8) is 0 Å². The first kappa shape index (κ1) is 19.6. The minimum atomic E-state index is -0.533. The molecule has 0 bridgehead atoms. The SMILES string of the molecule is CCc1cc2c(s1)CCO[C@@]21CCN(Cc2cn(C3CCNC3O)nn2)[C@@H](C)C1. The van der Waals surface area contributed by atoms with Crippen LogP contribution in [-0.2, 0) is 29.7 Å². The van der Waals surface area contributed by atoms with Crippen LogP contribution in [0.2, 0.25) is 0 Å². The standard InChI is InChI=1S/C21H31N5O2S/c1-3-16-10-17-19(29-16)5-9-28-21(17)6-8-25(14(2)11-21)12-15-13-26(24-23-15)18-4-7-22-20(18)27/h10,13-14,18,20,22,27H,3-9,11-12H2,1-2H3/t14-,18?,20?,21+/m0/s1. The van der Waals surface area contributed by atoms with Gasteiger partial charge in [-0.25, -0.2) is 4.68 Å². The van der Waals surface area contributed by atoms with Crippen LogP contribution in [0.1, 0.15) is 60.2 Å². The van der Waals surface area contributed by atoms with Crippen LogP contribution in [0.25, 0.3) is 0 Å². The largest absolute Gasteiger partial charge is 0.376 e. The van der Waals surface area contributed by atoms with Crippen LogP contribution in [-0.4, -0.2) is 57.0 Å². The summed E-state index contributed by atoms with van der Waals surface area (Å²) in [4.78, 5) is 5.52. The van der Waals surface area contributed by atoms with Crippen LogP contribution in [0.5, 0.6) is 0 Å². The Bertz CT molecular complexity index is 867. The Hall–Kier alpha value is -1.32. The number of aryl methyl sites for hydroxylation is 1. The number of hydrogen-bond donors (Lipinski definition) is 2. The van der Waals surface area contributed by atoms with Crippen molar-refractivity contribution in [2.45, 2.75) is 76.4 Å². The Kier molecular flexibility index (Phi) is 5.24. The molecule has 29 heavy (non-hydrogen) atoms. The summed E-state index contributed by atoms with van der Waals surface area (Å²) >= 11 is 1.98. The molecule has 2 aromatic heterocycles. The highest BCUT2D eigenvalue weighted by Crippen LogP contribution is 2.46. The molecule has 0 radical (unpaired) electrons. The molecular formula is C21H31N5O2S. The minimum absolute atomic E-state index is 0.0151. The molecule has 2 N–H and O–H groups in total. The van der Waals surface area contributed by atoms with E-state index < -0.39 is 6.23 Å². The van der Waals surface area contributed by atoms with Crippen molar-refractivity contribution in [2.24, 2.45) is 0 Å². The van der Waals surface area contributed by atoms with Crippen molar-refractivity contribution in [3.8, 4) is 0 Å². The summed E-state index contributed by atoms with van der Waals surface area (Å²) in [5.41, 5.74) is 2.33. The number of rotatable bonds is 4. The Morgan fingerprint density at radius 1 is 1.45 bits per heavy atom. The van der Waals surface area contributed by atoms with E-state index in [1.807, 2.05) is 22.2 Å². The molecule has 1 spiro atoms. The van der Waals surface area contributed by atoms with Crippen LogP contribution >= 0.6 is 11.3 Å². The third-order valence-corrected chi connectivity index (χ3v) is 8.22. The van der Waals surface area contributed by atoms with Crippen LogP contribution in [0.3, 0.4) is 0 Å². The van der Waals surface area contributed by atoms with Gasteiger partial charge in [-0.2, -0.15) is 0 Å². The molecule has 4 atom stereocenters. The molecule has 2 fully saturated rings. The number of nitrogens with one attached hydrogen (secondary N) is 1. The third kappa shape index (κ3) is 3.55. The highest BCUT2D eigenvalue weighted by atomic mass is 32.1. The number of piperidine rings is 1. The van der Waals surface area contributed by atoms with Gasteiger partial charge in [0.15, 0.2) is 0 Å². The molecule has 5 heterocycles. The van der Waals surface area contributed by atoms with E-state index in [0.717, 1.165) is 64.0 Å². The van der Waals surface area contributed by atoms with Crippen LogP contribution in [0.15, 0.2) is 12.3 Å². The predicted molar refractivity (Wildman–Crippen MR) is 112 cm³/mol. The summed E-state index contributed by atoms with van der Waals surface area (Å²) < 4.78 is 8.28.